The molecule has 0 radical (unpaired) electrons. The number of carbonyl (C=O) groups is 1. The first kappa shape index (κ1) is 22.9. The smallest absolute Gasteiger partial charge is 0.255 e. The molecule has 5 aromatic rings. The summed E-state index contributed by atoms with van der Waals surface area (Å²) < 4.78 is 1.17. The number of hydrogen-bond acceptors (Lipinski definition) is 6. The lowest BCUT2D eigenvalue weighted by Gasteiger charge is -2.32. The maximum atomic E-state index is 13.0. The van der Waals surface area contributed by atoms with Gasteiger partial charge in [0.1, 0.15) is 0 Å². The van der Waals surface area contributed by atoms with Crippen molar-refractivity contribution in [3.63, 3.8) is 0 Å². The Balaban J connectivity index is 1.26. The van der Waals surface area contributed by atoms with E-state index in [1.54, 1.807) is 17.5 Å². The summed E-state index contributed by atoms with van der Waals surface area (Å²) in [5.74, 6) is -0.00798. The Kier molecular flexibility index (Phi) is 6.05. The first-order valence-corrected chi connectivity index (χ1v) is 13.1. The summed E-state index contributed by atoms with van der Waals surface area (Å²) in [7, 11) is 2.07. The van der Waals surface area contributed by atoms with Gasteiger partial charge in [0.15, 0.2) is 0 Å². The molecule has 1 aliphatic heterocycles. The second-order valence-electron chi connectivity index (χ2n) is 9.04. The number of fused-ring (bicyclic) bond motifs is 2. The third kappa shape index (κ3) is 4.41. The molecule has 1 N–H and O–H groups in total. The predicted octanol–water partition coefficient (Wildman–Crippen LogP) is 6.30. The number of likely N-dealkylation sites (N-methyl/N-ethyl adjacent to an activating group) is 1. The molecule has 36 heavy (non-hydrogen) atoms. The Labute approximate surface area is 218 Å². The molecule has 1 saturated heterocycles. The highest BCUT2D eigenvalue weighted by atomic mass is 35.5. The highest BCUT2D eigenvalue weighted by Gasteiger charge is 2.22. The number of amides is 1. The number of benzene rings is 3. The van der Waals surface area contributed by atoms with Crippen LogP contribution in [0.3, 0.4) is 0 Å². The van der Waals surface area contributed by atoms with Crippen molar-refractivity contribution in [2.24, 2.45) is 0 Å². The Morgan fingerprint density at radius 2 is 1.72 bits per heavy atom. The van der Waals surface area contributed by atoms with Gasteiger partial charge in [-0.2, -0.15) is 0 Å². The number of pyridine rings is 1. The van der Waals surface area contributed by atoms with Gasteiger partial charge in [-0.1, -0.05) is 29.8 Å². The van der Waals surface area contributed by atoms with Gasteiger partial charge in [0.05, 0.1) is 31.8 Å². The van der Waals surface area contributed by atoms with Crippen molar-refractivity contribution in [3.8, 4) is 11.1 Å². The monoisotopic (exact) mass is 513 g/mol. The van der Waals surface area contributed by atoms with E-state index in [0.717, 1.165) is 65.1 Å². The molecule has 0 bridgehead atoms. The summed E-state index contributed by atoms with van der Waals surface area (Å²) >= 11 is 8.23. The van der Waals surface area contributed by atoms with Gasteiger partial charge in [-0.3, -0.25) is 9.78 Å². The van der Waals surface area contributed by atoms with Crippen molar-refractivity contribution in [1.29, 1.82) is 0 Å². The number of carbonyl (C=O) groups excluding carboxylic acids is 1. The second-order valence-corrected chi connectivity index (χ2v) is 10.3. The maximum Gasteiger partial charge on any atom is 0.255 e. The maximum absolute atomic E-state index is 13.0. The van der Waals surface area contributed by atoms with Crippen LogP contribution in [0.2, 0.25) is 5.02 Å². The fraction of sp³-hybridized carbons (Fsp3) is 0.179. The molecule has 3 heterocycles. The summed E-state index contributed by atoms with van der Waals surface area (Å²) in [6.45, 7) is 3.19. The van der Waals surface area contributed by atoms with E-state index in [-0.39, 0.29) is 5.91 Å². The number of halogens is 1. The zero-order valence-electron chi connectivity index (χ0n) is 19.7. The van der Waals surface area contributed by atoms with E-state index in [1.807, 2.05) is 34.7 Å². The third-order valence-corrected chi connectivity index (χ3v) is 7.80. The summed E-state index contributed by atoms with van der Waals surface area (Å²) in [5, 5.41) is 5.00. The molecule has 6 nitrogen and oxygen atoms in total. The lowest BCUT2D eigenvalue weighted by molar-refractivity contribution is 0.0664. The van der Waals surface area contributed by atoms with Gasteiger partial charge < -0.3 is 15.1 Å². The first-order chi connectivity index (χ1) is 17.5. The van der Waals surface area contributed by atoms with Gasteiger partial charge in [0, 0.05) is 49.1 Å². The molecule has 8 heteroatoms. The molecule has 1 amide bonds. The number of thiazole rings is 1. The van der Waals surface area contributed by atoms with E-state index >= 15 is 0 Å². The third-order valence-electron chi connectivity index (χ3n) is 6.68. The molecule has 0 atom stereocenters. The molecule has 0 unspecified atom stereocenters. The fourth-order valence-corrected chi connectivity index (χ4v) is 5.50. The van der Waals surface area contributed by atoms with Gasteiger partial charge in [0.2, 0.25) is 0 Å². The van der Waals surface area contributed by atoms with Crippen LogP contribution in [0.15, 0.2) is 72.4 Å². The van der Waals surface area contributed by atoms with E-state index in [9.17, 15) is 4.79 Å². The molecular formula is C28H24ClN5OS. The van der Waals surface area contributed by atoms with E-state index in [0.29, 0.717) is 10.6 Å². The summed E-state index contributed by atoms with van der Waals surface area (Å²) in [5.41, 5.74) is 8.18. The highest BCUT2D eigenvalue weighted by molar-refractivity contribution is 7.16. The van der Waals surface area contributed by atoms with Crippen LogP contribution in [0.25, 0.3) is 32.2 Å². The number of nitrogens with one attached hydrogen (secondary N) is 1. The molecule has 3 aromatic carbocycles. The predicted molar refractivity (Wildman–Crippen MR) is 148 cm³/mol. The SMILES string of the molecule is CN1CCN(C(=O)c2ccc(-c3ccc4c(Nc5ccc6scnc6c5)ccnc4c3)cc2Cl)CC1. The Bertz CT molecular complexity index is 1590. The first-order valence-electron chi connectivity index (χ1n) is 11.8. The van der Waals surface area contributed by atoms with E-state index < -0.39 is 0 Å². The summed E-state index contributed by atoms with van der Waals surface area (Å²) in [4.78, 5) is 26.1. The topological polar surface area (TPSA) is 61.4 Å². The van der Waals surface area contributed by atoms with Crippen LogP contribution >= 0.6 is 22.9 Å². The number of piperazine rings is 1. The molecule has 0 saturated carbocycles. The molecule has 180 valence electrons. The number of rotatable bonds is 4. The lowest BCUT2D eigenvalue weighted by atomic mass is 10.0. The molecule has 0 spiro atoms. The van der Waals surface area contributed by atoms with Crippen molar-refractivity contribution in [1.82, 2.24) is 19.8 Å². The van der Waals surface area contributed by atoms with Crippen molar-refractivity contribution in [3.05, 3.63) is 83.0 Å². The van der Waals surface area contributed by atoms with Gasteiger partial charge in [-0.05, 0) is 60.6 Å². The zero-order valence-corrected chi connectivity index (χ0v) is 21.3. The Morgan fingerprint density at radius 3 is 2.56 bits per heavy atom. The standard InChI is InChI=1S/C28H24ClN5OS/c1-33-10-12-34(13-11-33)28(35)21-5-2-18(14-23(21)29)19-3-6-22-24(8-9-30-25(22)15-19)32-20-4-7-27-26(16-20)31-17-36-27/h2-9,14-17H,10-13H2,1H3,(H,30,32). The zero-order chi connectivity index (χ0) is 24.6. The minimum Gasteiger partial charge on any atom is -0.355 e. The fourth-order valence-electron chi connectivity index (χ4n) is 4.58. The molecule has 0 aliphatic carbocycles. The molecule has 1 fully saturated rings. The number of anilines is 2. The average molecular weight is 514 g/mol. The lowest BCUT2D eigenvalue weighted by Crippen LogP contribution is -2.47. The second kappa shape index (κ2) is 9.50. The van der Waals surface area contributed by atoms with Crippen LogP contribution in [0, 0.1) is 0 Å². The van der Waals surface area contributed by atoms with Crippen LogP contribution in [-0.4, -0.2) is 58.9 Å². The van der Waals surface area contributed by atoms with Crippen molar-refractivity contribution in [2.45, 2.75) is 0 Å². The quantitative estimate of drug-likeness (QED) is 0.306. The molecular weight excluding hydrogens is 490 g/mol. The van der Waals surface area contributed by atoms with Gasteiger partial charge in [-0.25, -0.2) is 4.98 Å². The van der Waals surface area contributed by atoms with Crippen LogP contribution < -0.4 is 5.32 Å². The Hall–Kier alpha value is -3.52. The molecule has 1 aliphatic rings. The minimum atomic E-state index is -0.00798. The van der Waals surface area contributed by atoms with E-state index in [2.05, 4.69) is 63.6 Å². The van der Waals surface area contributed by atoms with E-state index in [4.69, 9.17) is 11.6 Å². The van der Waals surface area contributed by atoms with Crippen LogP contribution in [-0.2, 0) is 0 Å². The number of hydrogen-bond donors (Lipinski definition) is 1. The Morgan fingerprint density at radius 1 is 0.917 bits per heavy atom. The van der Waals surface area contributed by atoms with Crippen molar-refractivity contribution >= 4 is 61.3 Å². The minimum absolute atomic E-state index is 0.00798. The number of aromatic nitrogens is 2. The van der Waals surface area contributed by atoms with Gasteiger partial charge in [0.25, 0.3) is 5.91 Å². The van der Waals surface area contributed by atoms with Crippen molar-refractivity contribution < 1.29 is 4.79 Å². The summed E-state index contributed by atoms with van der Waals surface area (Å²) in [6.07, 6.45) is 1.81. The molecule has 2 aromatic heterocycles. The normalized spacial score (nSPS) is 14.4. The highest BCUT2D eigenvalue weighted by Crippen LogP contribution is 2.32. The average Bonchev–Trinajstić information content (AvgIpc) is 3.37. The van der Waals surface area contributed by atoms with Crippen LogP contribution in [0.1, 0.15) is 10.4 Å². The summed E-state index contributed by atoms with van der Waals surface area (Å²) in [6, 6.07) is 20.0. The van der Waals surface area contributed by atoms with E-state index in [1.165, 1.54) is 4.70 Å². The van der Waals surface area contributed by atoms with Gasteiger partial charge >= 0.3 is 0 Å². The van der Waals surface area contributed by atoms with Crippen molar-refractivity contribution in [2.75, 3.05) is 38.5 Å². The number of nitrogens with zero attached hydrogens (tertiary/aromatic N) is 4. The van der Waals surface area contributed by atoms with Gasteiger partial charge in [-0.15, -0.1) is 11.3 Å². The molecule has 6 rings (SSSR count). The largest absolute Gasteiger partial charge is 0.355 e. The van der Waals surface area contributed by atoms with Crippen LogP contribution in [0.5, 0.6) is 0 Å². The van der Waals surface area contributed by atoms with Crippen LogP contribution in [0.4, 0.5) is 11.4 Å².